The van der Waals surface area contributed by atoms with Gasteiger partial charge in [-0.05, 0) is 24.6 Å². The Labute approximate surface area is 147 Å². The van der Waals surface area contributed by atoms with Gasteiger partial charge in [0.2, 0.25) is 0 Å². The Bertz CT molecular complexity index is 971. The summed E-state index contributed by atoms with van der Waals surface area (Å²) >= 11 is 0. The van der Waals surface area contributed by atoms with Crippen molar-refractivity contribution in [1.82, 2.24) is 14.8 Å². The molecule has 4 rings (SSSR count). The van der Waals surface area contributed by atoms with E-state index in [1.54, 1.807) is 6.07 Å². The van der Waals surface area contributed by atoms with E-state index in [2.05, 4.69) is 20.3 Å². The molecule has 0 aliphatic carbocycles. The van der Waals surface area contributed by atoms with Crippen LogP contribution >= 0.6 is 0 Å². The summed E-state index contributed by atoms with van der Waals surface area (Å²) in [6.45, 7) is 1.40. The lowest BCUT2D eigenvalue weighted by atomic mass is 10.2. The van der Waals surface area contributed by atoms with Crippen molar-refractivity contribution in [1.29, 1.82) is 0 Å². The fraction of sp³-hybridized carbons (Fsp3) is 0.312. The molecule has 10 heteroatoms. The number of nitrogens with zero attached hydrogens (tertiary/aromatic N) is 5. The van der Waals surface area contributed by atoms with Gasteiger partial charge < -0.3 is 15.3 Å². The van der Waals surface area contributed by atoms with Gasteiger partial charge in [0, 0.05) is 26.3 Å². The zero-order chi connectivity index (χ0) is 18.4. The van der Waals surface area contributed by atoms with Crippen LogP contribution in [0.4, 0.5) is 22.0 Å². The molecule has 2 aromatic heterocycles. The lowest BCUT2D eigenvalue weighted by Crippen LogP contribution is -2.49. The van der Waals surface area contributed by atoms with E-state index in [4.69, 9.17) is 0 Å². The Hall–Kier alpha value is -3.43. The van der Waals surface area contributed by atoms with E-state index in [0.29, 0.717) is 18.1 Å². The fourth-order valence-electron chi connectivity index (χ4n) is 3.37. The topological polar surface area (TPSA) is 121 Å². The van der Waals surface area contributed by atoms with Crippen molar-refractivity contribution < 1.29 is 14.7 Å². The van der Waals surface area contributed by atoms with Crippen LogP contribution in [-0.2, 0) is 7.05 Å². The molecule has 134 valence electrons. The SMILES string of the molecule is Cn1nccc(NC(=O)N2c3nc(C(=O)O)ccc3N3CC[C@H]2C3)c1=O. The number of anilines is 3. The molecular weight excluding hydrogens is 340 g/mol. The molecule has 0 unspecified atom stereocenters. The van der Waals surface area contributed by atoms with Gasteiger partial charge in [-0.2, -0.15) is 5.10 Å². The molecule has 2 aliphatic heterocycles. The van der Waals surface area contributed by atoms with Gasteiger partial charge in [-0.3, -0.25) is 9.69 Å². The summed E-state index contributed by atoms with van der Waals surface area (Å²) in [7, 11) is 1.49. The van der Waals surface area contributed by atoms with E-state index in [1.165, 1.54) is 30.3 Å². The number of rotatable bonds is 2. The molecule has 2 bridgehead atoms. The van der Waals surface area contributed by atoms with Crippen LogP contribution in [0.1, 0.15) is 16.9 Å². The molecule has 26 heavy (non-hydrogen) atoms. The maximum Gasteiger partial charge on any atom is 0.354 e. The van der Waals surface area contributed by atoms with Crippen LogP contribution in [0.25, 0.3) is 0 Å². The van der Waals surface area contributed by atoms with Crippen molar-refractivity contribution in [2.24, 2.45) is 7.05 Å². The number of aromatic carboxylic acids is 1. The number of hydrogen-bond donors (Lipinski definition) is 2. The van der Waals surface area contributed by atoms with Gasteiger partial charge in [-0.15, -0.1) is 0 Å². The average Bonchev–Trinajstić information content (AvgIpc) is 3.03. The average molecular weight is 356 g/mol. The first-order valence-electron chi connectivity index (χ1n) is 8.07. The molecule has 2 aromatic rings. The molecule has 4 heterocycles. The van der Waals surface area contributed by atoms with E-state index in [-0.39, 0.29) is 17.4 Å². The van der Waals surface area contributed by atoms with Crippen molar-refractivity contribution >= 4 is 29.2 Å². The Morgan fingerprint density at radius 2 is 2.12 bits per heavy atom. The normalized spacial score (nSPS) is 17.8. The number of amides is 2. The van der Waals surface area contributed by atoms with Crippen LogP contribution < -0.4 is 20.7 Å². The summed E-state index contributed by atoms with van der Waals surface area (Å²) in [5.74, 6) is -0.869. The number of aryl methyl sites for hydroxylation is 1. The molecule has 2 amide bonds. The molecule has 0 aromatic carbocycles. The minimum absolute atomic E-state index is 0.101. The molecule has 2 N–H and O–H groups in total. The van der Waals surface area contributed by atoms with Crippen molar-refractivity contribution in [3.63, 3.8) is 0 Å². The second kappa shape index (κ2) is 5.83. The minimum Gasteiger partial charge on any atom is -0.477 e. The summed E-state index contributed by atoms with van der Waals surface area (Å²) in [4.78, 5) is 44.0. The third-order valence-corrected chi connectivity index (χ3v) is 4.64. The quantitative estimate of drug-likeness (QED) is 0.804. The number of carbonyl (C=O) groups is 2. The Kier molecular flexibility index (Phi) is 3.60. The lowest BCUT2D eigenvalue weighted by Gasteiger charge is -2.35. The number of aromatic nitrogens is 3. The maximum absolute atomic E-state index is 12.9. The number of carboxylic acids is 1. The summed E-state index contributed by atoms with van der Waals surface area (Å²) in [6, 6.07) is 3.86. The number of urea groups is 1. The van der Waals surface area contributed by atoms with Crippen molar-refractivity contribution in [2.45, 2.75) is 12.5 Å². The Morgan fingerprint density at radius 3 is 2.88 bits per heavy atom. The first-order valence-corrected chi connectivity index (χ1v) is 8.07. The highest BCUT2D eigenvalue weighted by Gasteiger charge is 2.40. The first-order chi connectivity index (χ1) is 12.5. The molecule has 2 aliphatic rings. The Morgan fingerprint density at radius 1 is 1.31 bits per heavy atom. The van der Waals surface area contributed by atoms with Crippen LogP contribution in [0.2, 0.25) is 0 Å². The second-order valence-corrected chi connectivity index (χ2v) is 6.21. The minimum atomic E-state index is -1.16. The van der Waals surface area contributed by atoms with Crippen LogP contribution in [0.15, 0.2) is 29.2 Å². The highest BCUT2D eigenvalue weighted by molar-refractivity contribution is 6.05. The molecule has 0 radical (unpaired) electrons. The van der Waals surface area contributed by atoms with Gasteiger partial charge in [0.15, 0.2) is 11.5 Å². The number of nitrogens with one attached hydrogen (secondary N) is 1. The van der Waals surface area contributed by atoms with E-state index in [9.17, 15) is 19.5 Å². The maximum atomic E-state index is 12.9. The third kappa shape index (κ3) is 2.46. The summed E-state index contributed by atoms with van der Waals surface area (Å²) < 4.78 is 1.12. The predicted molar refractivity (Wildman–Crippen MR) is 92.8 cm³/mol. The highest BCUT2D eigenvalue weighted by atomic mass is 16.4. The highest BCUT2D eigenvalue weighted by Crippen LogP contribution is 2.39. The number of fused-ring (bicyclic) bond motifs is 4. The van der Waals surface area contributed by atoms with Crippen molar-refractivity contribution in [3.8, 4) is 0 Å². The first kappa shape index (κ1) is 16.1. The second-order valence-electron chi connectivity index (χ2n) is 6.21. The van der Waals surface area contributed by atoms with Gasteiger partial charge in [0.05, 0.1) is 11.7 Å². The molecule has 0 saturated carbocycles. The zero-order valence-electron chi connectivity index (χ0n) is 13.9. The van der Waals surface area contributed by atoms with Gasteiger partial charge in [-0.1, -0.05) is 0 Å². The standard InChI is InChI=1S/C16H16N6O4/c1-20-14(23)10(4-6-17-20)19-16(26)22-9-5-7-21(8-9)12-3-2-11(15(24)25)18-13(12)22/h2-4,6,9H,5,7-8H2,1H3,(H,19,26)(H,24,25)/t9-/m0/s1. The van der Waals surface area contributed by atoms with Crippen LogP contribution in [-0.4, -0.2) is 51.0 Å². The Balaban J connectivity index is 1.73. The lowest BCUT2D eigenvalue weighted by molar-refractivity contribution is 0.0690. The number of hydrogen-bond acceptors (Lipinski definition) is 6. The summed E-state index contributed by atoms with van der Waals surface area (Å²) in [5.41, 5.74) is 0.243. The van der Waals surface area contributed by atoms with Gasteiger partial charge >= 0.3 is 12.0 Å². The number of carboxylic acid groups (broad SMARTS) is 1. The van der Waals surface area contributed by atoms with Crippen LogP contribution in [0.3, 0.4) is 0 Å². The van der Waals surface area contributed by atoms with E-state index >= 15 is 0 Å². The fourth-order valence-corrected chi connectivity index (χ4v) is 3.37. The van der Waals surface area contributed by atoms with Crippen LogP contribution in [0.5, 0.6) is 0 Å². The smallest absolute Gasteiger partial charge is 0.354 e. The predicted octanol–water partition coefficient (Wildman–Crippen LogP) is 0.504. The van der Waals surface area contributed by atoms with Crippen molar-refractivity contribution in [2.75, 3.05) is 28.2 Å². The molecule has 1 atom stereocenters. The third-order valence-electron chi connectivity index (χ3n) is 4.64. The van der Waals surface area contributed by atoms with Gasteiger partial charge in [0.1, 0.15) is 5.69 Å². The zero-order valence-corrected chi connectivity index (χ0v) is 13.9. The summed E-state index contributed by atoms with van der Waals surface area (Å²) in [6.07, 6.45) is 2.15. The largest absolute Gasteiger partial charge is 0.477 e. The number of carbonyl (C=O) groups excluding carboxylic acids is 1. The monoisotopic (exact) mass is 356 g/mol. The molecular formula is C16H16N6O4. The molecule has 0 spiro atoms. The van der Waals surface area contributed by atoms with Crippen molar-refractivity contribution in [3.05, 3.63) is 40.4 Å². The van der Waals surface area contributed by atoms with E-state index < -0.39 is 17.6 Å². The van der Waals surface area contributed by atoms with Crippen LogP contribution in [0, 0.1) is 0 Å². The number of pyridine rings is 1. The molecule has 1 saturated heterocycles. The summed E-state index contributed by atoms with van der Waals surface area (Å²) in [5, 5.41) is 15.6. The van der Waals surface area contributed by atoms with E-state index in [1.807, 2.05) is 0 Å². The van der Waals surface area contributed by atoms with E-state index in [0.717, 1.165) is 17.6 Å². The van der Waals surface area contributed by atoms with Gasteiger partial charge in [-0.25, -0.2) is 19.3 Å². The van der Waals surface area contributed by atoms with Gasteiger partial charge in [0.25, 0.3) is 5.56 Å². The molecule has 1 fully saturated rings. The molecule has 10 nitrogen and oxygen atoms in total.